The van der Waals surface area contributed by atoms with Crippen LogP contribution in [0.1, 0.15) is 5.56 Å². The number of hydrogen-bond donors (Lipinski definition) is 0. The van der Waals surface area contributed by atoms with Crippen molar-refractivity contribution >= 4 is 27.5 Å². The molecule has 1 aromatic heterocycles. The molecule has 0 fully saturated rings. The van der Waals surface area contributed by atoms with E-state index >= 15 is 0 Å². The lowest BCUT2D eigenvalue weighted by Gasteiger charge is -2.00. The molecular formula is C9H6BrClN2O. The maximum atomic E-state index is 5.57. The largest absolute Gasteiger partial charge is 0.333 e. The first-order chi connectivity index (χ1) is 6.66. The lowest BCUT2D eigenvalue weighted by molar-refractivity contribution is 0.430. The van der Waals surface area contributed by atoms with Crippen LogP contribution < -0.4 is 0 Å². The minimum Gasteiger partial charge on any atom is -0.333 e. The molecule has 0 saturated carbocycles. The number of benzene rings is 1. The van der Waals surface area contributed by atoms with Gasteiger partial charge in [-0.15, -0.1) is 0 Å². The summed E-state index contributed by atoms with van der Waals surface area (Å²) in [6, 6.07) is 5.84. The Hall–Kier alpha value is -0.870. The quantitative estimate of drug-likeness (QED) is 0.798. The number of rotatable bonds is 1. The molecule has 0 unspecified atom stereocenters. The Balaban J connectivity index is 2.55. The summed E-state index contributed by atoms with van der Waals surface area (Å²) in [6.45, 7) is 1.97. The minimum atomic E-state index is 0.124. The van der Waals surface area contributed by atoms with E-state index in [-0.39, 0.29) is 5.28 Å². The molecule has 0 saturated heterocycles. The summed E-state index contributed by atoms with van der Waals surface area (Å²) in [6.07, 6.45) is 0. The maximum Gasteiger partial charge on any atom is 0.264 e. The van der Waals surface area contributed by atoms with E-state index in [9.17, 15) is 0 Å². The molecule has 0 N–H and O–H groups in total. The third-order valence-electron chi connectivity index (χ3n) is 1.83. The van der Waals surface area contributed by atoms with Gasteiger partial charge in [0.15, 0.2) is 0 Å². The van der Waals surface area contributed by atoms with Gasteiger partial charge in [-0.25, -0.2) is 0 Å². The fourth-order valence-electron chi connectivity index (χ4n) is 1.14. The van der Waals surface area contributed by atoms with Crippen molar-refractivity contribution in [2.45, 2.75) is 6.92 Å². The van der Waals surface area contributed by atoms with Gasteiger partial charge >= 0.3 is 0 Å². The predicted molar refractivity (Wildman–Crippen MR) is 57.2 cm³/mol. The van der Waals surface area contributed by atoms with Crippen LogP contribution in [0.15, 0.2) is 27.2 Å². The molecule has 3 nitrogen and oxygen atoms in total. The van der Waals surface area contributed by atoms with Gasteiger partial charge in [0.2, 0.25) is 0 Å². The van der Waals surface area contributed by atoms with E-state index in [0.29, 0.717) is 5.89 Å². The fourth-order valence-corrected chi connectivity index (χ4v) is 1.61. The van der Waals surface area contributed by atoms with Gasteiger partial charge in [-0.05, 0) is 41.4 Å². The van der Waals surface area contributed by atoms with Gasteiger partial charge in [-0.2, -0.15) is 4.98 Å². The van der Waals surface area contributed by atoms with Crippen molar-refractivity contribution in [3.63, 3.8) is 0 Å². The lowest BCUT2D eigenvalue weighted by atomic mass is 10.1. The van der Waals surface area contributed by atoms with Crippen LogP contribution >= 0.6 is 27.5 Å². The van der Waals surface area contributed by atoms with Gasteiger partial charge in [0.05, 0.1) is 0 Å². The molecule has 0 atom stereocenters. The average Bonchev–Trinajstić information content (AvgIpc) is 2.56. The van der Waals surface area contributed by atoms with Crippen molar-refractivity contribution < 1.29 is 4.52 Å². The second kappa shape index (κ2) is 3.71. The Kier molecular flexibility index (Phi) is 2.56. The molecule has 0 spiro atoms. The smallest absolute Gasteiger partial charge is 0.264 e. The summed E-state index contributed by atoms with van der Waals surface area (Å²) in [7, 11) is 0. The summed E-state index contributed by atoms with van der Waals surface area (Å²) in [5.74, 6) is 0.439. The van der Waals surface area contributed by atoms with Crippen LogP contribution in [-0.2, 0) is 0 Å². The highest BCUT2D eigenvalue weighted by atomic mass is 79.9. The Morgan fingerprint density at radius 1 is 1.43 bits per heavy atom. The molecule has 0 aliphatic rings. The van der Waals surface area contributed by atoms with Crippen molar-refractivity contribution in [3.05, 3.63) is 33.5 Å². The zero-order valence-corrected chi connectivity index (χ0v) is 9.63. The number of nitrogens with zero attached hydrogens (tertiary/aromatic N) is 2. The molecule has 0 aliphatic heterocycles. The van der Waals surface area contributed by atoms with Crippen molar-refractivity contribution in [1.82, 2.24) is 10.1 Å². The van der Waals surface area contributed by atoms with Crippen LogP contribution in [0.3, 0.4) is 0 Å². The normalized spacial score (nSPS) is 10.5. The second-order valence-corrected chi connectivity index (χ2v) is 4.08. The van der Waals surface area contributed by atoms with E-state index in [1.165, 1.54) is 0 Å². The molecule has 2 aromatic rings. The first kappa shape index (κ1) is 9.68. The molecule has 72 valence electrons. The zero-order valence-electron chi connectivity index (χ0n) is 7.29. The van der Waals surface area contributed by atoms with E-state index < -0.39 is 0 Å². The zero-order chi connectivity index (χ0) is 10.1. The SMILES string of the molecule is Cc1ccc(Br)cc1-c1nc(Cl)no1. The van der Waals surface area contributed by atoms with Gasteiger partial charge in [0.1, 0.15) is 0 Å². The molecule has 1 heterocycles. The number of aryl methyl sites for hydroxylation is 1. The number of aromatic nitrogens is 2. The topological polar surface area (TPSA) is 38.9 Å². The van der Waals surface area contributed by atoms with Crippen molar-refractivity contribution in [2.75, 3.05) is 0 Å². The molecule has 5 heteroatoms. The standard InChI is InChI=1S/C9H6BrClN2O/c1-5-2-3-6(10)4-7(5)8-12-9(11)13-14-8/h2-4H,1H3. The average molecular weight is 274 g/mol. The summed E-state index contributed by atoms with van der Waals surface area (Å²) < 4.78 is 5.94. The van der Waals surface area contributed by atoms with E-state index in [0.717, 1.165) is 15.6 Å². The van der Waals surface area contributed by atoms with Crippen LogP contribution in [0.2, 0.25) is 5.28 Å². The second-order valence-electron chi connectivity index (χ2n) is 2.83. The molecule has 2 rings (SSSR count). The van der Waals surface area contributed by atoms with Crippen LogP contribution in [0.5, 0.6) is 0 Å². The Morgan fingerprint density at radius 3 is 2.86 bits per heavy atom. The van der Waals surface area contributed by atoms with Gasteiger partial charge < -0.3 is 4.52 Å². The van der Waals surface area contributed by atoms with E-state index in [1.807, 2.05) is 25.1 Å². The summed E-state index contributed by atoms with van der Waals surface area (Å²) in [5, 5.41) is 3.65. The lowest BCUT2D eigenvalue weighted by Crippen LogP contribution is -1.82. The summed E-state index contributed by atoms with van der Waals surface area (Å²) in [5.41, 5.74) is 1.95. The molecule has 0 bridgehead atoms. The molecule has 0 radical (unpaired) electrons. The Bertz CT molecular complexity index is 470. The highest BCUT2D eigenvalue weighted by Crippen LogP contribution is 2.25. The van der Waals surface area contributed by atoms with Crippen LogP contribution in [0.4, 0.5) is 0 Å². The number of hydrogen-bond acceptors (Lipinski definition) is 3. The molecule has 14 heavy (non-hydrogen) atoms. The Morgan fingerprint density at radius 2 is 2.21 bits per heavy atom. The summed E-state index contributed by atoms with van der Waals surface area (Å²) in [4.78, 5) is 3.95. The van der Waals surface area contributed by atoms with E-state index in [1.54, 1.807) is 0 Å². The fraction of sp³-hybridized carbons (Fsp3) is 0.111. The minimum absolute atomic E-state index is 0.124. The van der Waals surface area contributed by atoms with Crippen LogP contribution in [0.25, 0.3) is 11.5 Å². The first-order valence-corrected chi connectivity index (χ1v) is 5.09. The maximum absolute atomic E-state index is 5.57. The van der Waals surface area contributed by atoms with Gasteiger partial charge in [0, 0.05) is 10.0 Å². The van der Waals surface area contributed by atoms with Gasteiger partial charge in [0.25, 0.3) is 11.2 Å². The monoisotopic (exact) mass is 272 g/mol. The third kappa shape index (κ3) is 1.81. The van der Waals surface area contributed by atoms with E-state index in [2.05, 4.69) is 26.1 Å². The molecule has 0 amide bonds. The Labute approximate surface area is 94.2 Å². The van der Waals surface area contributed by atoms with Crippen molar-refractivity contribution in [3.8, 4) is 11.5 Å². The first-order valence-electron chi connectivity index (χ1n) is 3.92. The highest BCUT2D eigenvalue weighted by Gasteiger charge is 2.09. The van der Waals surface area contributed by atoms with E-state index in [4.69, 9.17) is 16.1 Å². The number of halogens is 2. The molecular weight excluding hydrogens is 267 g/mol. The van der Waals surface area contributed by atoms with Crippen molar-refractivity contribution in [1.29, 1.82) is 0 Å². The van der Waals surface area contributed by atoms with Gasteiger partial charge in [-0.1, -0.05) is 22.0 Å². The third-order valence-corrected chi connectivity index (χ3v) is 2.48. The molecule has 0 aliphatic carbocycles. The predicted octanol–water partition coefficient (Wildman–Crippen LogP) is 3.46. The van der Waals surface area contributed by atoms with Crippen molar-refractivity contribution in [2.24, 2.45) is 0 Å². The van der Waals surface area contributed by atoms with Gasteiger partial charge in [-0.3, -0.25) is 0 Å². The summed E-state index contributed by atoms with van der Waals surface area (Å²) >= 11 is 8.95. The van der Waals surface area contributed by atoms with Crippen LogP contribution in [-0.4, -0.2) is 10.1 Å². The highest BCUT2D eigenvalue weighted by molar-refractivity contribution is 9.10. The molecule has 1 aromatic carbocycles. The van der Waals surface area contributed by atoms with Crippen LogP contribution in [0, 0.1) is 6.92 Å².